The number of anilines is 3. The minimum absolute atomic E-state index is 0.175. The van der Waals surface area contributed by atoms with Crippen molar-refractivity contribution in [2.24, 2.45) is 0 Å². The van der Waals surface area contributed by atoms with E-state index in [1.807, 2.05) is 0 Å². The number of carbonyl (C=O) groups excluding carboxylic acids is 2. The van der Waals surface area contributed by atoms with Gasteiger partial charge >= 0.3 is 0 Å². The van der Waals surface area contributed by atoms with E-state index >= 15 is 0 Å². The molecule has 0 aliphatic carbocycles. The summed E-state index contributed by atoms with van der Waals surface area (Å²) < 4.78 is 11.5. The number of ether oxygens (including phenoxy) is 2. The molecule has 1 aliphatic heterocycles. The molecule has 42 heavy (non-hydrogen) atoms. The predicted molar refractivity (Wildman–Crippen MR) is 160 cm³/mol. The van der Waals surface area contributed by atoms with Crippen molar-refractivity contribution in [1.82, 2.24) is 14.9 Å². The largest absolute Gasteiger partial charge is 0.491 e. The molecule has 0 radical (unpaired) electrons. The van der Waals surface area contributed by atoms with Crippen LogP contribution in [0.4, 0.5) is 17.2 Å². The summed E-state index contributed by atoms with van der Waals surface area (Å²) in [6.45, 7) is 8.26. The molecule has 0 saturated carbocycles. The molecular formula is C32H30N6O4. The number of amides is 1. The van der Waals surface area contributed by atoms with Crippen LogP contribution in [0.25, 0.3) is 10.9 Å². The van der Waals surface area contributed by atoms with E-state index in [1.165, 1.54) is 12.4 Å². The summed E-state index contributed by atoms with van der Waals surface area (Å²) in [5, 5.41) is 15.9. The summed E-state index contributed by atoms with van der Waals surface area (Å²) in [5.74, 6) is 0.493. The maximum Gasteiger partial charge on any atom is 0.247 e. The normalized spacial score (nSPS) is 13.2. The summed E-state index contributed by atoms with van der Waals surface area (Å²) >= 11 is 0. The predicted octanol–water partition coefficient (Wildman–Crippen LogP) is 4.70. The molecule has 10 heteroatoms. The average Bonchev–Trinajstić information content (AvgIpc) is 3.04. The minimum Gasteiger partial charge on any atom is -0.491 e. The molecule has 0 spiro atoms. The Balaban J connectivity index is 1.33. The van der Waals surface area contributed by atoms with Gasteiger partial charge in [0.2, 0.25) is 5.91 Å². The SMILES string of the molecule is C=CC(=O)Nc1cc2c(Nc3ccc(C(=O)c4cccc(C#N)c4)cc3)ncnc2cc1OCCCN1CCOCC1. The second-order valence-electron chi connectivity index (χ2n) is 9.66. The van der Waals surface area contributed by atoms with E-state index in [1.54, 1.807) is 60.7 Å². The second kappa shape index (κ2) is 13.5. The van der Waals surface area contributed by atoms with E-state index < -0.39 is 0 Å². The van der Waals surface area contributed by atoms with Gasteiger partial charge in [0.05, 0.1) is 42.7 Å². The third-order valence-corrected chi connectivity index (χ3v) is 6.82. The van der Waals surface area contributed by atoms with Gasteiger partial charge in [-0.3, -0.25) is 14.5 Å². The Morgan fingerprint density at radius 1 is 1.07 bits per heavy atom. The number of nitriles is 1. The Kier molecular flexibility index (Phi) is 9.13. The van der Waals surface area contributed by atoms with Gasteiger partial charge in [-0.1, -0.05) is 18.7 Å². The molecular weight excluding hydrogens is 532 g/mol. The molecule has 0 atom stereocenters. The first-order valence-corrected chi connectivity index (χ1v) is 13.6. The van der Waals surface area contributed by atoms with Crippen LogP contribution in [0.2, 0.25) is 0 Å². The van der Waals surface area contributed by atoms with Crippen molar-refractivity contribution in [2.45, 2.75) is 6.42 Å². The second-order valence-corrected chi connectivity index (χ2v) is 9.66. The van der Waals surface area contributed by atoms with Crippen molar-refractivity contribution in [3.8, 4) is 11.8 Å². The Morgan fingerprint density at radius 2 is 1.88 bits per heavy atom. The Bertz CT molecular complexity index is 1640. The minimum atomic E-state index is -0.362. The van der Waals surface area contributed by atoms with Crippen LogP contribution < -0.4 is 15.4 Å². The molecule has 4 aromatic rings. The highest BCUT2D eigenvalue weighted by atomic mass is 16.5. The zero-order valence-electron chi connectivity index (χ0n) is 23.0. The molecule has 1 fully saturated rings. The molecule has 1 aliphatic rings. The summed E-state index contributed by atoms with van der Waals surface area (Å²) in [4.78, 5) is 36.3. The zero-order chi connectivity index (χ0) is 29.3. The Morgan fingerprint density at radius 3 is 2.64 bits per heavy atom. The summed E-state index contributed by atoms with van der Waals surface area (Å²) in [7, 11) is 0. The lowest BCUT2D eigenvalue weighted by atomic mass is 10.0. The first-order valence-electron chi connectivity index (χ1n) is 13.6. The van der Waals surface area contributed by atoms with E-state index in [4.69, 9.17) is 14.7 Å². The lowest BCUT2D eigenvalue weighted by Gasteiger charge is -2.26. The van der Waals surface area contributed by atoms with Crippen molar-refractivity contribution in [3.63, 3.8) is 0 Å². The molecule has 10 nitrogen and oxygen atoms in total. The van der Waals surface area contributed by atoms with Crippen LogP contribution >= 0.6 is 0 Å². The highest BCUT2D eigenvalue weighted by molar-refractivity contribution is 6.09. The van der Waals surface area contributed by atoms with Crippen molar-refractivity contribution < 1.29 is 19.1 Å². The number of hydrogen-bond donors (Lipinski definition) is 2. The number of rotatable bonds is 11. The molecule has 2 heterocycles. The topological polar surface area (TPSA) is 129 Å². The number of morpholine rings is 1. The molecule has 1 aromatic heterocycles. The van der Waals surface area contributed by atoms with Gasteiger partial charge in [0.15, 0.2) is 5.78 Å². The van der Waals surface area contributed by atoms with Gasteiger partial charge in [0, 0.05) is 47.9 Å². The summed E-state index contributed by atoms with van der Waals surface area (Å²) in [5.41, 5.74) is 3.20. The van der Waals surface area contributed by atoms with Crippen LogP contribution in [-0.2, 0) is 9.53 Å². The van der Waals surface area contributed by atoms with Gasteiger partial charge < -0.3 is 20.1 Å². The fraction of sp³-hybridized carbons (Fsp3) is 0.219. The molecule has 212 valence electrons. The van der Waals surface area contributed by atoms with E-state index in [2.05, 4.69) is 38.1 Å². The smallest absolute Gasteiger partial charge is 0.247 e. The zero-order valence-corrected chi connectivity index (χ0v) is 23.0. The first kappa shape index (κ1) is 28.4. The maximum absolute atomic E-state index is 12.9. The lowest BCUT2D eigenvalue weighted by molar-refractivity contribution is -0.111. The maximum atomic E-state index is 12.9. The number of benzene rings is 3. The number of ketones is 1. The van der Waals surface area contributed by atoms with E-state index in [-0.39, 0.29) is 11.7 Å². The van der Waals surface area contributed by atoms with Crippen molar-refractivity contribution in [2.75, 3.05) is 50.1 Å². The number of hydrogen-bond acceptors (Lipinski definition) is 9. The van der Waals surface area contributed by atoms with E-state index in [0.29, 0.717) is 57.1 Å². The average molecular weight is 563 g/mol. The third-order valence-electron chi connectivity index (χ3n) is 6.82. The standard InChI is InChI=1S/C32H30N6O4/c1-2-30(39)37-28-18-26-27(19-29(28)42-14-4-11-38-12-15-41-16-13-38)34-21-35-32(26)36-25-9-7-23(8-10-25)31(40)24-6-3-5-22(17-24)20-33/h2-3,5-10,17-19,21H,1,4,11-16H2,(H,37,39)(H,34,35,36). The molecule has 0 bridgehead atoms. The van der Waals surface area contributed by atoms with Crippen LogP contribution in [0.1, 0.15) is 27.9 Å². The first-order chi connectivity index (χ1) is 20.5. The molecule has 0 unspecified atom stereocenters. The van der Waals surface area contributed by atoms with Crippen LogP contribution in [0.3, 0.4) is 0 Å². The summed E-state index contributed by atoms with van der Waals surface area (Å²) in [6.07, 6.45) is 3.48. The van der Waals surface area contributed by atoms with Crippen molar-refractivity contribution in [1.29, 1.82) is 5.26 Å². The highest BCUT2D eigenvalue weighted by Gasteiger charge is 2.15. The monoisotopic (exact) mass is 562 g/mol. The quantitative estimate of drug-likeness (QED) is 0.152. The highest BCUT2D eigenvalue weighted by Crippen LogP contribution is 2.33. The number of nitrogens with zero attached hydrogens (tertiary/aromatic N) is 4. The molecule has 2 N–H and O–H groups in total. The van der Waals surface area contributed by atoms with Gasteiger partial charge in [-0.2, -0.15) is 5.26 Å². The van der Waals surface area contributed by atoms with Gasteiger partial charge in [0.25, 0.3) is 0 Å². The van der Waals surface area contributed by atoms with Crippen molar-refractivity contribution >= 4 is 39.8 Å². The van der Waals surface area contributed by atoms with Crippen molar-refractivity contribution in [3.05, 3.63) is 96.3 Å². The summed E-state index contributed by atoms with van der Waals surface area (Å²) in [6, 6.07) is 19.2. The number of fused-ring (bicyclic) bond motifs is 1. The van der Waals surface area contributed by atoms with E-state index in [0.717, 1.165) is 39.3 Å². The Hall–Kier alpha value is -5.11. The van der Waals surface area contributed by atoms with Gasteiger partial charge in [-0.15, -0.1) is 0 Å². The molecule has 5 rings (SSSR count). The number of carbonyl (C=O) groups is 2. The third kappa shape index (κ3) is 6.96. The van der Waals surface area contributed by atoms with Crippen LogP contribution in [0, 0.1) is 11.3 Å². The Labute approximate surface area is 243 Å². The fourth-order valence-electron chi connectivity index (χ4n) is 4.62. The van der Waals surface area contributed by atoms with Crippen LogP contribution in [-0.4, -0.2) is 66.0 Å². The van der Waals surface area contributed by atoms with Gasteiger partial charge in [-0.05, 0) is 55.0 Å². The lowest BCUT2D eigenvalue weighted by Crippen LogP contribution is -2.37. The molecule has 1 saturated heterocycles. The number of nitrogens with one attached hydrogen (secondary N) is 2. The number of aromatic nitrogens is 2. The molecule has 3 aromatic carbocycles. The van der Waals surface area contributed by atoms with E-state index in [9.17, 15) is 9.59 Å². The molecule has 1 amide bonds. The fourth-order valence-corrected chi connectivity index (χ4v) is 4.62. The van der Waals surface area contributed by atoms with Gasteiger partial charge in [0.1, 0.15) is 17.9 Å². The van der Waals surface area contributed by atoms with Crippen LogP contribution in [0.15, 0.2) is 79.6 Å². The van der Waals surface area contributed by atoms with Gasteiger partial charge in [-0.25, -0.2) is 9.97 Å². The van der Waals surface area contributed by atoms with Crippen LogP contribution in [0.5, 0.6) is 5.75 Å².